The molecule has 0 amide bonds. The Morgan fingerprint density at radius 2 is 2.23 bits per heavy atom. The maximum atomic E-state index is 11.0. The molecule has 0 aliphatic heterocycles. The van der Waals surface area contributed by atoms with E-state index in [1.165, 1.54) is 6.92 Å². The van der Waals surface area contributed by atoms with Gasteiger partial charge in [-0.05, 0) is 18.6 Å². The molecular formula is C10H12O3. The summed E-state index contributed by atoms with van der Waals surface area (Å²) in [6, 6.07) is 6.62. The molecule has 70 valence electrons. The van der Waals surface area contributed by atoms with E-state index >= 15 is 0 Å². The van der Waals surface area contributed by atoms with Crippen LogP contribution in [0.2, 0.25) is 0 Å². The molecule has 0 aliphatic carbocycles. The smallest absolute Gasteiger partial charge is 0.159 e. The summed E-state index contributed by atoms with van der Waals surface area (Å²) in [6.45, 7) is 1.13. The van der Waals surface area contributed by atoms with Gasteiger partial charge >= 0.3 is 0 Å². The fourth-order valence-electron chi connectivity index (χ4n) is 1.07. The van der Waals surface area contributed by atoms with Crippen LogP contribution < -0.4 is 0 Å². The zero-order chi connectivity index (χ0) is 9.84. The molecule has 0 spiro atoms. The van der Waals surface area contributed by atoms with E-state index in [0.29, 0.717) is 11.1 Å². The van der Waals surface area contributed by atoms with E-state index in [2.05, 4.69) is 0 Å². The van der Waals surface area contributed by atoms with Gasteiger partial charge in [0.1, 0.15) is 6.10 Å². The van der Waals surface area contributed by atoms with Crippen LogP contribution in [0.3, 0.4) is 0 Å². The van der Waals surface area contributed by atoms with Crippen LogP contribution in [0.1, 0.15) is 28.9 Å². The van der Waals surface area contributed by atoms with Crippen LogP contribution in [0.4, 0.5) is 0 Å². The van der Waals surface area contributed by atoms with E-state index in [4.69, 9.17) is 5.11 Å². The van der Waals surface area contributed by atoms with Crippen LogP contribution in [0.5, 0.6) is 0 Å². The summed E-state index contributed by atoms with van der Waals surface area (Å²) in [7, 11) is 0. The monoisotopic (exact) mass is 180 g/mol. The van der Waals surface area contributed by atoms with Gasteiger partial charge in [0.25, 0.3) is 0 Å². The molecule has 0 fully saturated rings. The second kappa shape index (κ2) is 4.16. The summed E-state index contributed by atoms with van der Waals surface area (Å²) in [6.07, 6.45) is -0.903. The van der Waals surface area contributed by atoms with Gasteiger partial charge in [0.05, 0.1) is 6.61 Å². The number of aliphatic hydroxyl groups excluding tert-OH is 2. The SMILES string of the molecule is CC(=O)c1cccc([C@@H](O)CO)c1. The van der Waals surface area contributed by atoms with E-state index in [1.807, 2.05) is 0 Å². The Hall–Kier alpha value is -1.19. The predicted molar refractivity (Wildman–Crippen MR) is 48.5 cm³/mol. The largest absolute Gasteiger partial charge is 0.393 e. The topological polar surface area (TPSA) is 57.5 Å². The van der Waals surface area contributed by atoms with Gasteiger partial charge in [0.15, 0.2) is 5.78 Å². The number of aliphatic hydroxyl groups is 2. The molecule has 1 aromatic carbocycles. The maximum absolute atomic E-state index is 11.0. The molecule has 0 aromatic heterocycles. The Labute approximate surface area is 76.6 Å². The number of ketones is 1. The first-order valence-electron chi connectivity index (χ1n) is 4.05. The molecule has 0 radical (unpaired) electrons. The van der Waals surface area contributed by atoms with Crippen molar-refractivity contribution >= 4 is 5.78 Å². The molecule has 0 aliphatic rings. The van der Waals surface area contributed by atoms with Crippen molar-refractivity contribution in [3.05, 3.63) is 35.4 Å². The third-order valence-corrected chi connectivity index (χ3v) is 1.85. The molecule has 0 heterocycles. The van der Waals surface area contributed by atoms with E-state index in [1.54, 1.807) is 24.3 Å². The van der Waals surface area contributed by atoms with Gasteiger partial charge in [-0.1, -0.05) is 18.2 Å². The molecular weight excluding hydrogens is 168 g/mol. The van der Waals surface area contributed by atoms with E-state index in [9.17, 15) is 9.90 Å². The summed E-state index contributed by atoms with van der Waals surface area (Å²) in [5.41, 5.74) is 1.11. The van der Waals surface area contributed by atoms with Crippen molar-refractivity contribution in [1.29, 1.82) is 0 Å². The number of hydrogen-bond acceptors (Lipinski definition) is 3. The van der Waals surface area contributed by atoms with Gasteiger partial charge < -0.3 is 10.2 Å². The van der Waals surface area contributed by atoms with E-state index < -0.39 is 6.10 Å². The number of benzene rings is 1. The number of hydrogen-bond donors (Lipinski definition) is 2. The van der Waals surface area contributed by atoms with Crippen LogP contribution >= 0.6 is 0 Å². The fraction of sp³-hybridized carbons (Fsp3) is 0.300. The van der Waals surface area contributed by atoms with Crippen molar-refractivity contribution in [2.75, 3.05) is 6.61 Å². The lowest BCUT2D eigenvalue weighted by Crippen LogP contribution is -2.03. The molecule has 3 nitrogen and oxygen atoms in total. The zero-order valence-electron chi connectivity index (χ0n) is 7.40. The minimum Gasteiger partial charge on any atom is -0.393 e. The molecule has 0 saturated carbocycles. The molecule has 13 heavy (non-hydrogen) atoms. The van der Waals surface area contributed by atoms with Gasteiger partial charge in [0.2, 0.25) is 0 Å². The van der Waals surface area contributed by atoms with Crippen molar-refractivity contribution in [3.63, 3.8) is 0 Å². The number of carbonyl (C=O) groups excluding carboxylic acids is 1. The van der Waals surface area contributed by atoms with Crippen molar-refractivity contribution in [3.8, 4) is 0 Å². The lowest BCUT2D eigenvalue weighted by molar-refractivity contribution is 0.0951. The summed E-state index contributed by atoms with van der Waals surface area (Å²) in [5.74, 6) is -0.0491. The van der Waals surface area contributed by atoms with Gasteiger partial charge in [-0.2, -0.15) is 0 Å². The average molecular weight is 180 g/mol. The lowest BCUT2D eigenvalue weighted by atomic mass is 10.0. The third kappa shape index (κ3) is 2.37. The molecule has 1 atom stereocenters. The second-order valence-electron chi connectivity index (χ2n) is 2.88. The minimum atomic E-state index is -0.903. The van der Waals surface area contributed by atoms with E-state index in [0.717, 1.165) is 0 Å². The minimum absolute atomic E-state index is 0.0491. The van der Waals surface area contributed by atoms with Crippen LogP contribution in [-0.4, -0.2) is 22.6 Å². The van der Waals surface area contributed by atoms with Crippen molar-refractivity contribution in [1.82, 2.24) is 0 Å². The summed E-state index contributed by atoms with van der Waals surface area (Å²) >= 11 is 0. The lowest BCUT2D eigenvalue weighted by Gasteiger charge is -2.07. The molecule has 1 rings (SSSR count). The molecule has 0 bridgehead atoms. The van der Waals surface area contributed by atoms with Crippen molar-refractivity contribution in [2.24, 2.45) is 0 Å². The highest BCUT2D eigenvalue weighted by Gasteiger charge is 2.07. The third-order valence-electron chi connectivity index (χ3n) is 1.85. The number of carbonyl (C=O) groups is 1. The van der Waals surface area contributed by atoms with Crippen LogP contribution in [0, 0.1) is 0 Å². The van der Waals surface area contributed by atoms with Gasteiger partial charge in [-0.15, -0.1) is 0 Å². The molecule has 0 unspecified atom stereocenters. The average Bonchev–Trinajstić information content (AvgIpc) is 2.17. The first-order valence-corrected chi connectivity index (χ1v) is 4.05. The highest BCUT2D eigenvalue weighted by molar-refractivity contribution is 5.94. The van der Waals surface area contributed by atoms with Gasteiger partial charge in [-0.25, -0.2) is 0 Å². The van der Waals surface area contributed by atoms with Crippen LogP contribution in [0.15, 0.2) is 24.3 Å². The van der Waals surface area contributed by atoms with Crippen LogP contribution in [-0.2, 0) is 0 Å². The second-order valence-corrected chi connectivity index (χ2v) is 2.88. The number of rotatable bonds is 3. The summed E-state index contributed by atoms with van der Waals surface area (Å²) in [4.78, 5) is 11.0. The Morgan fingerprint density at radius 3 is 2.77 bits per heavy atom. The Bertz CT molecular complexity index is 307. The Kier molecular flexibility index (Phi) is 3.17. The zero-order valence-corrected chi connectivity index (χ0v) is 7.40. The Balaban J connectivity index is 2.98. The molecule has 2 N–H and O–H groups in total. The number of Topliss-reactive ketones (excluding diaryl/α,β-unsaturated/α-hetero) is 1. The van der Waals surface area contributed by atoms with Gasteiger partial charge in [-0.3, -0.25) is 4.79 Å². The predicted octanol–water partition coefficient (Wildman–Crippen LogP) is 0.915. The highest BCUT2D eigenvalue weighted by atomic mass is 16.3. The van der Waals surface area contributed by atoms with Gasteiger partial charge in [0, 0.05) is 5.56 Å². The quantitative estimate of drug-likeness (QED) is 0.680. The van der Waals surface area contributed by atoms with E-state index in [-0.39, 0.29) is 12.4 Å². The summed E-state index contributed by atoms with van der Waals surface area (Å²) < 4.78 is 0. The normalized spacial score (nSPS) is 12.5. The maximum Gasteiger partial charge on any atom is 0.159 e. The van der Waals surface area contributed by atoms with Crippen molar-refractivity contribution < 1.29 is 15.0 Å². The fourth-order valence-corrected chi connectivity index (χ4v) is 1.07. The summed E-state index contributed by atoms with van der Waals surface area (Å²) in [5, 5.41) is 18.0. The molecule has 1 aromatic rings. The highest BCUT2D eigenvalue weighted by Crippen LogP contribution is 2.13. The first kappa shape index (κ1) is 9.89. The molecule has 3 heteroatoms. The molecule has 0 saturated heterocycles. The van der Waals surface area contributed by atoms with Crippen molar-refractivity contribution in [2.45, 2.75) is 13.0 Å². The Morgan fingerprint density at radius 1 is 1.54 bits per heavy atom. The first-order chi connectivity index (χ1) is 6.15. The van der Waals surface area contributed by atoms with Crippen LogP contribution in [0.25, 0.3) is 0 Å². The standard InChI is InChI=1S/C10H12O3/c1-7(12)8-3-2-4-9(5-8)10(13)6-11/h2-5,10-11,13H,6H2,1H3/t10-/m0/s1.